The summed E-state index contributed by atoms with van der Waals surface area (Å²) in [5.74, 6) is 0.0885. The van der Waals surface area contributed by atoms with Crippen molar-refractivity contribution in [2.45, 2.75) is 20.3 Å². The molecule has 0 amide bonds. The van der Waals surface area contributed by atoms with Crippen LogP contribution in [0.4, 0.5) is 0 Å². The predicted octanol–water partition coefficient (Wildman–Crippen LogP) is 2.10. The summed E-state index contributed by atoms with van der Waals surface area (Å²) in [7, 11) is 0. The van der Waals surface area contributed by atoms with Crippen molar-refractivity contribution in [2.24, 2.45) is 0 Å². The van der Waals surface area contributed by atoms with Gasteiger partial charge < -0.3 is 0 Å². The fourth-order valence-corrected chi connectivity index (χ4v) is 0.449. The molecule has 0 aromatic heterocycles. The molecule has 1 nitrogen and oxygen atoms in total. The van der Waals surface area contributed by atoms with Crippen LogP contribution >= 0.6 is 0 Å². The molecule has 50 valence electrons. The van der Waals surface area contributed by atoms with Gasteiger partial charge in [-0.05, 0) is 19.9 Å². The Morgan fingerprint density at radius 2 is 2.22 bits per heavy atom. The fourth-order valence-electron chi connectivity index (χ4n) is 0.449. The van der Waals surface area contributed by atoms with Crippen LogP contribution in [0.25, 0.3) is 0 Å². The van der Waals surface area contributed by atoms with Gasteiger partial charge in [0.2, 0.25) is 0 Å². The monoisotopic (exact) mass is 124 g/mol. The van der Waals surface area contributed by atoms with E-state index in [4.69, 9.17) is 0 Å². The van der Waals surface area contributed by atoms with Gasteiger partial charge in [0.25, 0.3) is 0 Å². The first-order valence-corrected chi connectivity index (χ1v) is 2.97. The molecule has 0 radical (unpaired) electrons. The van der Waals surface area contributed by atoms with E-state index in [2.05, 4.69) is 6.58 Å². The number of carbonyl (C=O) groups excluding carboxylic acids is 1. The molecule has 0 spiro atoms. The predicted molar refractivity (Wildman–Crippen MR) is 39.3 cm³/mol. The maximum atomic E-state index is 10.6. The topological polar surface area (TPSA) is 17.1 Å². The Balaban J connectivity index is 3.74. The zero-order valence-corrected chi connectivity index (χ0v) is 5.98. The molecule has 1 heteroatoms. The van der Waals surface area contributed by atoms with Crippen molar-refractivity contribution >= 4 is 5.78 Å². The van der Waals surface area contributed by atoms with Crippen molar-refractivity contribution < 1.29 is 4.79 Å². The Labute approximate surface area is 56.1 Å². The minimum atomic E-state index is 0.0885. The average Bonchev–Trinajstić information content (AvgIpc) is 1.87. The molecule has 0 saturated carbocycles. The first kappa shape index (κ1) is 8.15. The molecular weight excluding hydrogens is 112 g/mol. The summed E-state index contributed by atoms with van der Waals surface area (Å²) in [6.45, 7) is 7.23. The zero-order chi connectivity index (χ0) is 7.28. The summed E-state index contributed by atoms with van der Waals surface area (Å²) in [4.78, 5) is 10.6. The van der Waals surface area contributed by atoms with Crippen LogP contribution in [0.3, 0.4) is 0 Å². The van der Waals surface area contributed by atoms with Crippen LogP contribution in [0.5, 0.6) is 0 Å². The largest absolute Gasteiger partial charge is 0.295 e. The summed E-state index contributed by atoms with van der Waals surface area (Å²) in [5.41, 5.74) is 1.10. The summed E-state index contributed by atoms with van der Waals surface area (Å²) in [5, 5.41) is 0. The minimum absolute atomic E-state index is 0.0885. The van der Waals surface area contributed by atoms with Gasteiger partial charge in [0, 0.05) is 6.42 Å². The molecule has 0 atom stereocenters. The van der Waals surface area contributed by atoms with Gasteiger partial charge in [-0.25, -0.2) is 0 Å². The molecule has 0 aromatic rings. The van der Waals surface area contributed by atoms with E-state index < -0.39 is 0 Å². The van der Waals surface area contributed by atoms with Crippen LogP contribution in [0.2, 0.25) is 0 Å². The first-order chi connectivity index (χ1) is 4.20. The van der Waals surface area contributed by atoms with Crippen LogP contribution in [-0.2, 0) is 4.79 Å². The molecular formula is C8H12O. The van der Waals surface area contributed by atoms with E-state index >= 15 is 0 Å². The summed E-state index contributed by atoms with van der Waals surface area (Å²) in [6, 6.07) is 0. The van der Waals surface area contributed by atoms with Crippen molar-refractivity contribution in [1.82, 2.24) is 0 Å². The molecule has 0 aliphatic heterocycles. The number of hydrogen-bond acceptors (Lipinski definition) is 1. The summed E-state index contributed by atoms with van der Waals surface area (Å²) < 4.78 is 0. The van der Waals surface area contributed by atoms with Gasteiger partial charge in [-0.3, -0.25) is 4.79 Å². The molecule has 0 aliphatic carbocycles. The molecule has 0 saturated heterocycles. The molecule has 0 N–H and O–H groups in total. The molecule has 0 aliphatic rings. The second-order valence-electron chi connectivity index (χ2n) is 1.98. The van der Waals surface area contributed by atoms with Crippen molar-refractivity contribution in [2.75, 3.05) is 0 Å². The van der Waals surface area contributed by atoms with Gasteiger partial charge >= 0.3 is 0 Å². The summed E-state index contributed by atoms with van der Waals surface area (Å²) >= 11 is 0. The van der Waals surface area contributed by atoms with Crippen LogP contribution < -0.4 is 0 Å². The number of ketones is 1. The highest BCUT2D eigenvalue weighted by Crippen LogP contribution is 1.99. The lowest BCUT2D eigenvalue weighted by Gasteiger charge is -1.92. The Morgan fingerprint density at radius 1 is 1.67 bits per heavy atom. The quantitative estimate of drug-likeness (QED) is 0.416. The van der Waals surface area contributed by atoms with E-state index in [1.165, 1.54) is 6.08 Å². The second-order valence-corrected chi connectivity index (χ2v) is 1.98. The molecule has 0 unspecified atom stereocenters. The molecule has 0 rings (SSSR count). The number of carbonyl (C=O) groups is 1. The fraction of sp³-hybridized carbons (Fsp3) is 0.375. The van der Waals surface area contributed by atoms with E-state index in [9.17, 15) is 4.79 Å². The molecule has 0 aromatic carbocycles. The maximum absolute atomic E-state index is 10.6. The van der Waals surface area contributed by atoms with Gasteiger partial charge in [0.1, 0.15) is 0 Å². The van der Waals surface area contributed by atoms with Crippen LogP contribution in [0, 0.1) is 0 Å². The smallest absolute Gasteiger partial charge is 0.159 e. The molecule has 0 bridgehead atoms. The number of rotatable bonds is 3. The normalized spacial score (nSPS) is 11.1. The maximum Gasteiger partial charge on any atom is 0.159 e. The van der Waals surface area contributed by atoms with Crippen molar-refractivity contribution in [3.8, 4) is 0 Å². The highest BCUT2D eigenvalue weighted by atomic mass is 16.1. The number of hydrogen-bond donors (Lipinski definition) is 0. The van der Waals surface area contributed by atoms with Gasteiger partial charge in [0.05, 0.1) is 0 Å². The van der Waals surface area contributed by atoms with E-state index in [-0.39, 0.29) is 5.78 Å². The number of allylic oxidation sites excluding steroid dienone is 3. The van der Waals surface area contributed by atoms with Crippen LogP contribution in [-0.4, -0.2) is 5.78 Å². The van der Waals surface area contributed by atoms with E-state index in [1.807, 2.05) is 19.9 Å². The van der Waals surface area contributed by atoms with Crippen molar-refractivity contribution in [1.29, 1.82) is 0 Å². The third kappa shape index (κ3) is 3.71. The second kappa shape index (κ2) is 4.07. The molecule has 9 heavy (non-hydrogen) atoms. The lowest BCUT2D eigenvalue weighted by Crippen LogP contribution is -1.91. The van der Waals surface area contributed by atoms with E-state index in [0.29, 0.717) is 6.42 Å². The zero-order valence-electron chi connectivity index (χ0n) is 5.98. The Bertz CT molecular complexity index is 143. The van der Waals surface area contributed by atoms with E-state index in [0.717, 1.165) is 5.57 Å². The lowest BCUT2D eigenvalue weighted by atomic mass is 10.1. The Morgan fingerprint density at radius 3 is 2.56 bits per heavy atom. The lowest BCUT2D eigenvalue weighted by molar-refractivity contribution is -0.113. The molecule has 0 heterocycles. The van der Waals surface area contributed by atoms with Gasteiger partial charge in [-0.15, -0.1) is 0 Å². The minimum Gasteiger partial charge on any atom is -0.295 e. The highest BCUT2D eigenvalue weighted by molar-refractivity contribution is 5.90. The average molecular weight is 124 g/mol. The Hall–Kier alpha value is -0.850. The standard InChI is InChI=1S/C8H12O/c1-4-7(3)6-8(9)5-2/h4-5H,2,6H2,1,3H3/b7-4-. The van der Waals surface area contributed by atoms with Gasteiger partial charge in [0.15, 0.2) is 5.78 Å². The van der Waals surface area contributed by atoms with Gasteiger partial charge in [-0.1, -0.05) is 18.2 Å². The van der Waals surface area contributed by atoms with Crippen LogP contribution in [0.1, 0.15) is 20.3 Å². The Kier molecular flexibility index (Phi) is 3.69. The third-order valence-electron chi connectivity index (χ3n) is 1.17. The van der Waals surface area contributed by atoms with Crippen molar-refractivity contribution in [3.05, 3.63) is 24.3 Å². The highest BCUT2D eigenvalue weighted by Gasteiger charge is 1.93. The van der Waals surface area contributed by atoms with Gasteiger partial charge in [-0.2, -0.15) is 0 Å². The van der Waals surface area contributed by atoms with Crippen LogP contribution in [0.15, 0.2) is 24.3 Å². The summed E-state index contributed by atoms with van der Waals surface area (Å²) in [6.07, 6.45) is 3.80. The first-order valence-electron chi connectivity index (χ1n) is 2.97. The SMILES string of the molecule is C=CC(=O)C/C(C)=C\C. The van der Waals surface area contributed by atoms with E-state index in [1.54, 1.807) is 0 Å². The van der Waals surface area contributed by atoms with Crippen molar-refractivity contribution in [3.63, 3.8) is 0 Å². The third-order valence-corrected chi connectivity index (χ3v) is 1.17. The molecule has 0 fully saturated rings.